The normalized spacial score (nSPS) is 12.2. The molecule has 3 heteroatoms. The number of carbonyl (C=O) groups excluding carboxylic acids is 1. The minimum Gasteiger partial charge on any atom is -0.330 e. The quantitative estimate of drug-likeness (QED) is 0.817. The third-order valence-electron chi connectivity index (χ3n) is 2.70. The molecule has 0 aromatic heterocycles. The van der Waals surface area contributed by atoms with Gasteiger partial charge in [0.05, 0.1) is 0 Å². The lowest BCUT2D eigenvalue weighted by atomic mass is 10.1. The highest BCUT2D eigenvalue weighted by Crippen LogP contribution is 2.17. The van der Waals surface area contributed by atoms with E-state index in [1.54, 1.807) is 0 Å². The van der Waals surface area contributed by atoms with Crippen LogP contribution in [0.3, 0.4) is 0 Å². The van der Waals surface area contributed by atoms with Crippen LogP contribution in [0.4, 0.5) is 5.69 Å². The number of rotatable bonds is 4. The standard InChI is InChI=1S/C13H20N2O/c1-9-4-5-10(2)12(8-9)15-13(16)11(3)6-7-14/h4-5,8,11H,6-7,14H2,1-3H3,(H,15,16)/t11-/m0/s1. The molecule has 1 aromatic rings. The molecule has 1 rings (SSSR count). The fourth-order valence-corrected chi connectivity index (χ4v) is 1.51. The Labute approximate surface area is 97.0 Å². The first-order valence-electron chi connectivity index (χ1n) is 5.62. The van der Waals surface area contributed by atoms with Crippen LogP contribution in [0.5, 0.6) is 0 Å². The molecule has 0 saturated heterocycles. The summed E-state index contributed by atoms with van der Waals surface area (Å²) >= 11 is 0. The molecule has 1 amide bonds. The SMILES string of the molecule is Cc1ccc(C)c(NC(=O)[C@@H](C)CCN)c1. The van der Waals surface area contributed by atoms with Crippen molar-refractivity contribution in [2.24, 2.45) is 11.7 Å². The average molecular weight is 220 g/mol. The number of nitrogens with one attached hydrogen (secondary N) is 1. The molecule has 0 heterocycles. The maximum atomic E-state index is 11.8. The first kappa shape index (κ1) is 12.7. The van der Waals surface area contributed by atoms with E-state index >= 15 is 0 Å². The molecule has 0 saturated carbocycles. The molecule has 0 aliphatic carbocycles. The third-order valence-corrected chi connectivity index (χ3v) is 2.70. The zero-order valence-corrected chi connectivity index (χ0v) is 10.2. The van der Waals surface area contributed by atoms with Gasteiger partial charge in [0, 0.05) is 11.6 Å². The van der Waals surface area contributed by atoms with Crippen molar-refractivity contribution in [1.82, 2.24) is 0 Å². The van der Waals surface area contributed by atoms with Gasteiger partial charge in [0.15, 0.2) is 0 Å². The van der Waals surface area contributed by atoms with Crippen LogP contribution in [0.15, 0.2) is 18.2 Å². The molecule has 1 aromatic carbocycles. The number of hydrogen-bond acceptors (Lipinski definition) is 2. The second kappa shape index (κ2) is 5.66. The summed E-state index contributed by atoms with van der Waals surface area (Å²) in [7, 11) is 0. The predicted molar refractivity (Wildman–Crippen MR) is 67.4 cm³/mol. The van der Waals surface area contributed by atoms with Crippen molar-refractivity contribution in [2.75, 3.05) is 11.9 Å². The second-order valence-corrected chi connectivity index (χ2v) is 4.29. The maximum Gasteiger partial charge on any atom is 0.227 e. The number of anilines is 1. The smallest absolute Gasteiger partial charge is 0.227 e. The van der Waals surface area contributed by atoms with E-state index in [-0.39, 0.29) is 11.8 Å². The van der Waals surface area contributed by atoms with Gasteiger partial charge >= 0.3 is 0 Å². The molecule has 0 fully saturated rings. The summed E-state index contributed by atoms with van der Waals surface area (Å²) in [5.41, 5.74) is 8.56. The summed E-state index contributed by atoms with van der Waals surface area (Å²) in [5, 5.41) is 2.94. The second-order valence-electron chi connectivity index (χ2n) is 4.29. The Morgan fingerprint density at radius 3 is 2.75 bits per heavy atom. The summed E-state index contributed by atoms with van der Waals surface area (Å²) in [4.78, 5) is 11.8. The van der Waals surface area contributed by atoms with Crippen LogP contribution < -0.4 is 11.1 Å². The summed E-state index contributed by atoms with van der Waals surface area (Å²) < 4.78 is 0. The van der Waals surface area contributed by atoms with Gasteiger partial charge in [0.25, 0.3) is 0 Å². The Morgan fingerprint density at radius 2 is 2.12 bits per heavy atom. The first-order chi connectivity index (χ1) is 7.54. The van der Waals surface area contributed by atoms with E-state index in [0.29, 0.717) is 6.54 Å². The van der Waals surface area contributed by atoms with Gasteiger partial charge in [0.1, 0.15) is 0 Å². The maximum absolute atomic E-state index is 11.8. The van der Waals surface area contributed by atoms with Crippen LogP contribution in [0.25, 0.3) is 0 Å². The molecule has 0 aliphatic heterocycles. The van der Waals surface area contributed by atoms with Gasteiger partial charge in [-0.15, -0.1) is 0 Å². The Hall–Kier alpha value is -1.35. The lowest BCUT2D eigenvalue weighted by molar-refractivity contribution is -0.119. The van der Waals surface area contributed by atoms with Crippen molar-refractivity contribution < 1.29 is 4.79 Å². The van der Waals surface area contributed by atoms with Gasteiger partial charge in [-0.2, -0.15) is 0 Å². The molecule has 3 N–H and O–H groups in total. The number of nitrogens with two attached hydrogens (primary N) is 1. The zero-order valence-electron chi connectivity index (χ0n) is 10.2. The lowest BCUT2D eigenvalue weighted by Crippen LogP contribution is -2.23. The molecule has 0 unspecified atom stereocenters. The van der Waals surface area contributed by atoms with Crippen LogP contribution in [0.2, 0.25) is 0 Å². The Kier molecular flexibility index (Phi) is 4.50. The molecule has 0 aliphatic rings. The highest BCUT2D eigenvalue weighted by atomic mass is 16.1. The van der Waals surface area contributed by atoms with Crippen LogP contribution in [0, 0.1) is 19.8 Å². The van der Waals surface area contributed by atoms with Gasteiger partial charge in [-0.1, -0.05) is 19.1 Å². The zero-order chi connectivity index (χ0) is 12.1. The molecule has 3 nitrogen and oxygen atoms in total. The monoisotopic (exact) mass is 220 g/mol. The molecular weight excluding hydrogens is 200 g/mol. The molecule has 0 radical (unpaired) electrons. The molecular formula is C13H20N2O. The predicted octanol–water partition coefficient (Wildman–Crippen LogP) is 2.23. The van der Waals surface area contributed by atoms with E-state index in [2.05, 4.69) is 5.32 Å². The molecule has 1 atom stereocenters. The Bertz CT molecular complexity index is 374. The van der Waals surface area contributed by atoms with Crippen LogP contribution in [0.1, 0.15) is 24.5 Å². The highest BCUT2D eigenvalue weighted by molar-refractivity contribution is 5.93. The molecule has 88 valence electrons. The van der Waals surface area contributed by atoms with Gasteiger partial charge in [-0.05, 0) is 44.0 Å². The van der Waals surface area contributed by atoms with Crippen LogP contribution in [-0.4, -0.2) is 12.5 Å². The van der Waals surface area contributed by atoms with Crippen molar-refractivity contribution in [1.29, 1.82) is 0 Å². The summed E-state index contributed by atoms with van der Waals surface area (Å²) in [6.07, 6.45) is 0.719. The summed E-state index contributed by atoms with van der Waals surface area (Å²) in [6.45, 7) is 6.44. The van der Waals surface area contributed by atoms with Gasteiger partial charge in [-0.3, -0.25) is 4.79 Å². The van der Waals surface area contributed by atoms with Crippen molar-refractivity contribution in [2.45, 2.75) is 27.2 Å². The Morgan fingerprint density at radius 1 is 1.44 bits per heavy atom. The number of carbonyl (C=O) groups is 1. The molecule has 16 heavy (non-hydrogen) atoms. The fourth-order valence-electron chi connectivity index (χ4n) is 1.51. The van der Waals surface area contributed by atoms with Crippen molar-refractivity contribution in [3.05, 3.63) is 29.3 Å². The van der Waals surface area contributed by atoms with Crippen LogP contribution in [-0.2, 0) is 4.79 Å². The van der Waals surface area contributed by atoms with E-state index in [1.807, 2.05) is 39.0 Å². The third kappa shape index (κ3) is 3.35. The van der Waals surface area contributed by atoms with Gasteiger partial charge < -0.3 is 11.1 Å². The van der Waals surface area contributed by atoms with E-state index in [1.165, 1.54) is 0 Å². The van der Waals surface area contributed by atoms with Crippen molar-refractivity contribution in [3.8, 4) is 0 Å². The average Bonchev–Trinajstić information content (AvgIpc) is 2.23. The number of amides is 1. The van der Waals surface area contributed by atoms with E-state index in [0.717, 1.165) is 23.2 Å². The number of aryl methyl sites for hydroxylation is 2. The number of hydrogen-bond donors (Lipinski definition) is 2. The largest absolute Gasteiger partial charge is 0.330 e. The minimum atomic E-state index is -0.0371. The summed E-state index contributed by atoms with van der Waals surface area (Å²) in [6, 6.07) is 6.04. The fraction of sp³-hybridized carbons (Fsp3) is 0.462. The van der Waals surface area contributed by atoms with Gasteiger partial charge in [-0.25, -0.2) is 0 Å². The summed E-state index contributed by atoms with van der Waals surface area (Å²) in [5.74, 6) is 0.00376. The Balaban J connectivity index is 2.72. The van der Waals surface area contributed by atoms with Crippen molar-refractivity contribution in [3.63, 3.8) is 0 Å². The first-order valence-corrected chi connectivity index (χ1v) is 5.62. The number of benzene rings is 1. The van der Waals surface area contributed by atoms with E-state index in [9.17, 15) is 4.79 Å². The molecule has 0 bridgehead atoms. The highest BCUT2D eigenvalue weighted by Gasteiger charge is 2.12. The van der Waals surface area contributed by atoms with E-state index in [4.69, 9.17) is 5.73 Å². The topological polar surface area (TPSA) is 55.1 Å². The minimum absolute atomic E-state index is 0.0371. The van der Waals surface area contributed by atoms with Crippen LogP contribution >= 0.6 is 0 Å². The van der Waals surface area contributed by atoms with Crippen molar-refractivity contribution >= 4 is 11.6 Å². The van der Waals surface area contributed by atoms with Gasteiger partial charge in [0.2, 0.25) is 5.91 Å². The van der Waals surface area contributed by atoms with E-state index < -0.39 is 0 Å². The lowest BCUT2D eigenvalue weighted by Gasteiger charge is -2.13. The molecule has 0 spiro atoms.